The minimum Gasteiger partial charge on any atom is -0.393 e. The summed E-state index contributed by atoms with van der Waals surface area (Å²) in [6.45, 7) is 2.99. The monoisotopic (exact) mass is 304 g/mol. The lowest BCUT2D eigenvalue weighted by Crippen LogP contribution is -2.46. The number of fused-ring (bicyclic) bond motifs is 2. The number of amides is 1. The van der Waals surface area contributed by atoms with Crippen LogP contribution in [0, 0.1) is 5.41 Å². The highest BCUT2D eigenvalue weighted by Crippen LogP contribution is 2.47. The Morgan fingerprint density at radius 2 is 2.18 bits per heavy atom. The van der Waals surface area contributed by atoms with Crippen molar-refractivity contribution in [1.29, 1.82) is 0 Å². The molecular formula is C17H24N2O3. The number of likely N-dealkylation sites (tertiary alicyclic amines) is 1. The maximum atomic E-state index is 13.0. The molecule has 3 aliphatic rings. The van der Waals surface area contributed by atoms with E-state index in [0.717, 1.165) is 69.2 Å². The van der Waals surface area contributed by atoms with E-state index in [0.29, 0.717) is 5.69 Å². The molecule has 1 N–H and O–H groups in total. The number of hydrogen-bond donors (Lipinski definition) is 1. The van der Waals surface area contributed by atoms with Gasteiger partial charge in [0.2, 0.25) is 0 Å². The fraction of sp³-hybridized carbons (Fsp3) is 0.765. The minimum atomic E-state index is -0.212. The molecule has 5 heteroatoms. The lowest BCUT2D eigenvalue weighted by atomic mass is 9.71. The maximum absolute atomic E-state index is 13.0. The van der Waals surface area contributed by atoms with E-state index in [1.54, 1.807) is 0 Å². The molecule has 0 aromatic carbocycles. The highest BCUT2D eigenvalue weighted by atomic mass is 16.5. The Balaban J connectivity index is 1.60. The Morgan fingerprint density at radius 3 is 3.05 bits per heavy atom. The second-order valence-corrected chi connectivity index (χ2v) is 7.49. The molecule has 3 atom stereocenters. The first kappa shape index (κ1) is 14.2. The second kappa shape index (κ2) is 5.08. The molecular weight excluding hydrogens is 280 g/mol. The lowest BCUT2D eigenvalue weighted by Gasteiger charge is -2.41. The highest BCUT2D eigenvalue weighted by Gasteiger charge is 2.49. The van der Waals surface area contributed by atoms with E-state index in [9.17, 15) is 9.90 Å². The molecule has 1 saturated carbocycles. The summed E-state index contributed by atoms with van der Waals surface area (Å²) in [5.74, 6) is 0.952. The molecule has 2 heterocycles. The Kier molecular flexibility index (Phi) is 3.29. The van der Waals surface area contributed by atoms with Crippen LogP contribution in [-0.4, -0.2) is 39.8 Å². The molecule has 5 nitrogen and oxygen atoms in total. The van der Waals surface area contributed by atoms with Crippen molar-refractivity contribution in [3.63, 3.8) is 0 Å². The van der Waals surface area contributed by atoms with Crippen molar-refractivity contribution in [2.45, 2.75) is 70.4 Å². The minimum absolute atomic E-state index is 0.0389. The van der Waals surface area contributed by atoms with Gasteiger partial charge >= 0.3 is 0 Å². The average Bonchev–Trinajstić information content (AvgIpc) is 3.06. The quantitative estimate of drug-likeness (QED) is 0.864. The molecule has 0 spiro atoms. The smallest absolute Gasteiger partial charge is 0.276 e. The van der Waals surface area contributed by atoms with Gasteiger partial charge < -0.3 is 14.5 Å². The topological polar surface area (TPSA) is 66.6 Å². The van der Waals surface area contributed by atoms with Crippen molar-refractivity contribution < 1.29 is 14.4 Å². The molecule has 0 unspecified atom stereocenters. The fourth-order valence-electron chi connectivity index (χ4n) is 4.74. The summed E-state index contributed by atoms with van der Waals surface area (Å²) in [4.78, 5) is 15.0. The van der Waals surface area contributed by atoms with Crippen molar-refractivity contribution in [1.82, 2.24) is 10.1 Å². The fourth-order valence-corrected chi connectivity index (χ4v) is 4.74. The van der Waals surface area contributed by atoms with Crippen LogP contribution in [0.3, 0.4) is 0 Å². The zero-order valence-corrected chi connectivity index (χ0v) is 13.2. The van der Waals surface area contributed by atoms with Crippen LogP contribution < -0.4 is 0 Å². The Labute approximate surface area is 130 Å². The van der Waals surface area contributed by atoms with E-state index in [1.807, 2.05) is 4.90 Å². The van der Waals surface area contributed by atoms with Gasteiger partial charge in [0.1, 0.15) is 5.76 Å². The third-order valence-electron chi connectivity index (χ3n) is 5.99. The van der Waals surface area contributed by atoms with Gasteiger partial charge in [-0.25, -0.2) is 0 Å². The van der Waals surface area contributed by atoms with Gasteiger partial charge in [0.05, 0.1) is 6.10 Å². The molecule has 120 valence electrons. The van der Waals surface area contributed by atoms with Crippen LogP contribution in [0.25, 0.3) is 0 Å². The summed E-state index contributed by atoms with van der Waals surface area (Å²) in [5.41, 5.74) is 1.64. The second-order valence-electron chi connectivity index (χ2n) is 7.49. The first-order valence-electron chi connectivity index (χ1n) is 8.55. The number of aliphatic hydroxyl groups is 1. The van der Waals surface area contributed by atoms with E-state index in [4.69, 9.17) is 4.52 Å². The van der Waals surface area contributed by atoms with Crippen LogP contribution in [-0.2, 0) is 12.8 Å². The molecule has 0 radical (unpaired) electrons. The number of rotatable bonds is 1. The van der Waals surface area contributed by atoms with Crippen LogP contribution in [0.2, 0.25) is 0 Å². The van der Waals surface area contributed by atoms with E-state index in [2.05, 4.69) is 12.1 Å². The number of hydrogen-bond acceptors (Lipinski definition) is 4. The van der Waals surface area contributed by atoms with Crippen molar-refractivity contribution in [3.05, 3.63) is 17.0 Å². The van der Waals surface area contributed by atoms with E-state index in [-0.39, 0.29) is 23.5 Å². The first-order valence-corrected chi connectivity index (χ1v) is 8.55. The molecule has 1 saturated heterocycles. The van der Waals surface area contributed by atoms with Gasteiger partial charge in [-0.2, -0.15) is 0 Å². The Bertz CT molecular complexity index is 597. The van der Waals surface area contributed by atoms with Gasteiger partial charge in [0, 0.05) is 24.6 Å². The van der Waals surface area contributed by atoms with Gasteiger partial charge in [-0.1, -0.05) is 12.1 Å². The summed E-state index contributed by atoms with van der Waals surface area (Å²) in [6.07, 6.45) is 7.30. The number of aromatic nitrogens is 1. The van der Waals surface area contributed by atoms with Crippen molar-refractivity contribution in [2.75, 3.05) is 6.54 Å². The summed E-state index contributed by atoms with van der Waals surface area (Å²) in [5, 5.41) is 14.1. The number of carbonyl (C=O) groups excluding carboxylic acids is 1. The van der Waals surface area contributed by atoms with Crippen LogP contribution in [0.4, 0.5) is 0 Å². The molecule has 1 amide bonds. The molecule has 22 heavy (non-hydrogen) atoms. The Morgan fingerprint density at radius 1 is 1.36 bits per heavy atom. The standard InChI is InChI=1S/C17H24N2O3/c1-17-8-9-19(14(17)7-6-11(20)10-17)16(21)15-12-4-2-3-5-13(12)22-18-15/h11,14,20H,2-10H2,1H3/t11-,14-,17+/m1/s1. The number of aliphatic hydroxyl groups excluding tert-OH is 1. The van der Waals surface area contributed by atoms with Gasteiger partial charge in [-0.3, -0.25) is 4.79 Å². The van der Waals surface area contributed by atoms with E-state index < -0.39 is 0 Å². The molecule has 2 fully saturated rings. The molecule has 1 aromatic heterocycles. The van der Waals surface area contributed by atoms with Gasteiger partial charge in [-0.05, 0) is 50.4 Å². The number of aryl methyl sites for hydroxylation is 1. The zero-order chi connectivity index (χ0) is 15.3. The summed E-state index contributed by atoms with van der Waals surface area (Å²) < 4.78 is 5.41. The third-order valence-corrected chi connectivity index (χ3v) is 5.99. The van der Waals surface area contributed by atoms with Crippen LogP contribution >= 0.6 is 0 Å². The molecule has 4 rings (SSSR count). The van der Waals surface area contributed by atoms with Crippen LogP contribution in [0.15, 0.2) is 4.52 Å². The maximum Gasteiger partial charge on any atom is 0.276 e. The predicted molar refractivity (Wildman–Crippen MR) is 80.6 cm³/mol. The van der Waals surface area contributed by atoms with Gasteiger partial charge in [0.15, 0.2) is 5.69 Å². The van der Waals surface area contributed by atoms with E-state index >= 15 is 0 Å². The SMILES string of the molecule is C[C@@]12CCN(C(=O)c3noc4c3CCCC4)[C@@H]1CC[C@@H](O)C2. The lowest BCUT2D eigenvalue weighted by molar-refractivity contribution is 0.0207. The summed E-state index contributed by atoms with van der Waals surface area (Å²) in [7, 11) is 0. The third kappa shape index (κ3) is 2.09. The number of carbonyl (C=O) groups is 1. The Hall–Kier alpha value is -1.36. The van der Waals surface area contributed by atoms with Crippen LogP contribution in [0.5, 0.6) is 0 Å². The normalized spacial score (nSPS) is 34.4. The molecule has 1 aromatic rings. The summed E-state index contributed by atoms with van der Waals surface area (Å²) in [6, 6.07) is 0.236. The average molecular weight is 304 g/mol. The number of nitrogens with zero attached hydrogens (tertiary/aromatic N) is 2. The van der Waals surface area contributed by atoms with Crippen molar-refractivity contribution in [3.8, 4) is 0 Å². The van der Waals surface area contributed by atoms with Gasteiger partial charge in [0.25, 0.3) is 5.91 Å². The van der Waals surface area contributed by atoms with Crippen molar-refractivity contribution >= 4 is 5.91 Å². The van der Waals surface area contributed by atoms with E-state index in [1.165, 1.54) is 0 Å². The largest absolute Gasteiger partial charge is 0.393 e. The summed E-state index contributed by atoms with van der Waals surface area (Å²) >= 11 is 0. The predicted octanol–water partition coefficient (Wildman–Crippen LogP) is 2.32. The highest BCUT2D eigenvalue weighted by molar-refractivity contribution is 5.94. The first-order chi connectivity index (χ1) is 10.6. The zero-order valence-electron chi connectivity index (χ0n) is 13.2. The van der Waals surface area contributed by atoms with Crippen LogP contribution in [0.1, 0.15) is 67.3 Å². The molecule has 1 aliphatic heterocycles. The molecule has 2 aliphatic carbocycles. The van der Waals surface area contributed by atoms with Gasteiger partial charge in [-0.15, -0.1) is 0 Å². The molecule has 0 bridgehead atoms. The van der Waals surface area contributed by atoms with Crippen molar-refractivity contribution in [2.24, 2.45) is 5.41 Å².